The van der Waals surface area contributed by atoms with E-state index in [0.717, 1.165) is 0 Å². The lowest BCUT2D eigenvalue weighted by molar-refractivity contribution is -0.104. The standard InChI is InChI=1S/C16H22F2O3/c1-10(6-8-19)5-7-16(21)11(2)13(14(17)18)12(20)9-15(16,3)4/h5-8,12,14,20-21H,9H2,1-4H3. The van der Waals surface area contributed by atoms with Crippen LogP contribution in [-0.4, -0.2) is 34.6 Å². The van der Waals surface area contributed by atoms with Gasteiger partial charge in [0.25, 0.3) is 6.43 Å². The Bertz CT molecular complexity index is 504. The number of aliphatic hydroxyl groups excluding tert-OH is 1. The lowest BCUT2D eigenvalue weighted by Gasteiger charge is -2.48. The van der Waals surface area contributed by atoms with Crippen LogP contribution in [0.1, 0.15) is 34.1 Å². The molecule has 0 aromatic rings. The zero-order valence-electron chi connectivity index (χ0n) is 12.7. The second-order valence-electron chi connectivity index (χ2n) is 6.13. The Morgan fingerprint density at radius 2 is 2.00 bits per heavy atom. The van der Waals surface area contributed by atoms with E-state index in [1.807, 2.05) is 0 Å². The molecule has 0 heterocycles. The SMILES string of the molecule is CC(C=CC1(O)C(C)=C(C(F)F)C(O)CC1(C)C)=CC=O. The fourth-order valence-electron chi connectivity index (χ4n) is 2.80. The van der Waals surface area contributed by atoms with Gasteiger partial charge in [0.15, 0.2) is 0 Å². The minimum Gasteiger partial charge on any atom is -0.389 e. The van der Waals surface area contributed by atoms with Gasteiger partial charge in [0, 0.05) is 11.0 Å². The van der Waals surface area contributed by atoms with E-state index in [0.29, 0.717) is 11.9 Å². The summed E-state index contributed by atoms with van der Waals surface area (Å²) in [5.41, 5.74) is -2.16. The van der Waals surface area contributed by atoms with Crippen LogP contribution in [0.5, 0.6) is 0 Å². The van der Waals surface area contributed by atoms with Crippen molar-refractivity contribution in [3.05, 3.63) is 34.9 Å². The van der Waals surface area contributed by atoms with Gasteiger partial charge in [-0.1, -0.05) is 19.9 Å². The third-order valence-corrected chi connectivity index (χ3v) is 4.25. The van der Waals surface area contributed by atoms with Crippen molar-refractivity contribution in [3.63, 3.8) is 0 Å². The first kappa shape index (κ1) is 17.7. The van der Waals surface area contributed by atoms with Gasteiger partial charge in [-0.2, -0.15) is 0 Å². The van der Waals surface area contributed by atoms with Gasteiger partial charge in [0.2, 0.25) is 0 Å². The molecule has 2 N–H and O–H groups in total. The Morgan fingerprint density at radius 3 is 2.48 bits per heavy atom. The summed E-state index contributed by atoms with van der Waals surface area (Å²) >= 11 is 0. The molecular weight excluding hydrogens is 278 g/mol. The minimum absolute atomic E-state index is 0.0291. The van der Waals surface area contributed by atoms with Crippen LogP contribution in [0.2, 0.25) is 0 Å². The van der Waals surface area contributed by atoms with Gasteiger partial charge in [-0.05, 0) is 43.6 Å². The van der Waals surface area contributed by atoms with E-state index in [2.05, 4.69) is 0 Å². The van der Waals surface area contributed by atoms with Crippen molar-refractivity contribution in [1.29, 1.82) is 0 Å². The average Bonchev–Trinajstić information content (AvgIpc) is 2.33. The summed E-state index contributed by atoms with van der Waals surface area (Å²) in [6, 6.07) is 0. The van der Waals surface area contributed by atoms with E-state index in [1.54, 1.807) is 20.8 Å². The predicted molar refractivity (Wildman–Crippen MR) is 77.0 cm³/mol. The van der Waals surface area contributed by atoms with Crippen molar-refractivity contribution in [2.75, 3.05) is 0 Å². The Balaban J connectivity index is 3.39. The molecule has 3 nitrogen and oxygen atoms in total. The molecule has 118 valence electrons. The van der Waals surface area contributed by atoms with Crippen molar-refractivity contribution in [2.24, 2.45) is 5.41 Å². The van der Waals surface area contributed by atoms with Crippen molar-refractivity contribution in [2.45, 2.75) is 52.2 Å². The second kappa shape index (κ2) is 6.20. The second-order valence-corrected chi connectivity index (χ2v) is 6.13. The van der Waals surface area contributed by atoms with E-state index in [1.165, 1.54) is 25.2 Å². The number of hydrogen-bond acceptors (Lipinski definition) is 3. The van der Waals surface area contributed by atoms with E-state index in [-0.39, 0.29) is 12.0 Å². The largest absolute Gasteiger partial charge is 0.389 e. The van der Waals surface area contributed by atoms with Gasteiger partial charge in [0.1, 0.15) is 11.9 Å². The normalized spacial score (nSPS) is 30.3. The van der Waals surface area contributed by atoms with E-state index < -0.39 is 29.1 Å². The number of aliphatic hydroxyl groups is 2. The van der Waals surface area contributed by atoms with E-state index >= 15 is 0 Å². The minimum atomic E-state index is -2.82. The fraction of sp³-hybridized carbons (Fsp3) is 0.562. The van der Waals surface area contributed by atoms with Crippen LogP contribution in [0, 0.1) is 5.41 Å². The highest BCUT2D eigenvalue weighted by atomic mass is 19.3. The van der Waals surface area contributed by atoms with E-state index in [9.17, 15) is 23.8 Å². The molecule has 1 rings (SSSR count). The third-order valence-electron chi connectivity index (χ3n) is 4.25. The topological polar surface area (TPSA) is 57.5 Å². The fourth-order valence-corrected chi connectivity index (χ4v) is 2.80. The Labute approximate surface area is 123 Å². The van der Waals surface area contributed by atoms with Gasteiger partial charge in [0.05, 0.1) is 6.10 Å². The molecule has 1 aliphatic carbocycles. The summed E-state index contributed by atoms with van der Waals surface area (Å²) in [5, 5.41) is 20.8. The molecule has 0 aliphatic heterocycles. The maximum absolute atomic E-state index is 13.1. The lowest BCUT2D eigenvalue weighted by Crippen LogP contribution is -2.51. The number of carbonyl (C=O) groups is 1. The van der Waals surface area contributed by atoms with Gasteiger partial charge in [-0.15, -0.1) is 0 Å². The molecule has 21 heavy (non-hydrogen) atoms. The highest BCUT2D eigenvalue weighted by Gasteiger charge is 2.50. The summed E-state index contributed by atoms with van der Waals surface area (Å²) < 4.78 is 26.3. The number of aldehydes is 1. The van der Waals surface area contributed by atoms with Gasteiger partial charge in [-0.25, -0.2) is 8.78 Å². The number of allylic oxidation sites excluding steroid dienone is 3. The maximum atomic E-state index is 13.1. The average molecular weight is 300 g/mol. The maximum Gasteiger partial charge on any atom is 0.262 e. The van der Waals surface area contributed by atoms with Gasteiger partial charge in [-0.3, -0.25) is 4.79 Å². The first-order valence-electron chi connectivity index (χ1n) is 6.78. The molecule has 0 aromatic carbocycles. The molecule has 0 fully saturated rings. The summed E-state index contributed by atoms with van der Waals surface area (Å²) in [4.78, 5) is 10.4. The lowest BCUT2D eigenvalue weighted by atomic mass is 9.62. The number of halogens is 2. The molecule has 2 atom stereocenters. The molecule has 2 unspecified atom stereocenters. The predicted octanol–water partition coefficient (Wildman–Crippen LogP) is 2.79. The van der Waals surface area contributed by atoms with Crippen molar-refractivity contribution < 1.29 is 23.8 Å². The summed E-state index contributed by atoms with van der Waals surface area (Å²) in [7, 11) is 0. The molecule has 0 bridgehead atoms. The molecule has 5 heteroatoms. The molecule has 0 radical (unpaired) electrons. The monoisotopic (exact) mass is 300 g/mol. The number of hydrogen-bond donors (Lipinski definition) is 2. The van der Waals surface area contributed by atoms with E-state index in [4.69, 9.17) is 0 Å². The number of alkyl halides is 2. The summed E-state index contributed by atoms with van der Waals surface area (Å²) in [5.74, 6) is 0. The van der Waals surface area contributed by atoms with Crippen LogP contribution < -0.4 is 0 Å². The molecule has 0 saturated heterocycles. The third kappa shape index (κ3) is 3.30. The van der Waals surface area contributed by atoms with Crippen molar-refractivity contribution in [1.82, 2.24) is 0 Å². The quantitative estimate of drug-likeness (QED) is 0.363. The van der Waals surface area contributed by atoms with Crippen LogP contribution in [0.4, 0.5) is 8.78 Å². The molecular formula is C16H22F2O3. The molecule has 0 aromatic heterocycles. The number of rotatable bonds is 4. The van der Waals surface area contributed by atoms with Crippen LogP contribution in [0.3, 0.4) is 0 Å². The Kier molecular flexibility index (Phi) is 5.23. The van der Waals surface area contributed by atoms with Gasteiger partial charge < -0.3 is 10.2 Å². The highest BCUT2D eigenvalue weighted by molar-refractivity contribution is 5.67. The first-order chi connectivity index (χ1) is 9.56. The zero-order chi connectivity index (χ0) is 16.4. The molecule has 0 saturated carbocycles. The van der Waals surface area contributed by atoms with Gasteiger partial charge >= 0.3 is 0 Å². The number of carbonyl (C=O) groups excluding carboxylic acids is 1. The Morgan fingerprint density at radius 1 is 1.43 bits per heavy atom. The molecule has 0 spiro atoms. The molecule has 1 aliphatic rings. The van der Waals surface area contributed by atoms with Crippen LogP contribution in [0.15, 0.2) is 34.9 Å². The summed E-state index contributed by atoms with van der Waals surface area (Å²) in [6.07, 6.45) is 0.834. The van der Waals surface area contributed by atoms with Crippen LogP contribution >= 0.6 is 0 Å². The Hall–Kier alpha value is -1.33. The van der Waals surface area contributed by atoms with Crippen molar-refractivity contribution >= 4 is 6.29 Å². The summed E-state index contributed by atoms with van der Waals surface area (Å²) in [6.45, 7) is 6.51. The van der Waals surface area contributed by atoms with Crippen LogP contribution in [-0.2, 0) is 4.79 Å². The van der Waals surface area contributed by atoms with Crippen LogP contribution in [0.25, 0.3) is 0 Å². The highest BCUT2D eigenvalue weighted by Crippen LogP contribution is 2.48. The first-order valence-corrected chi connectivity index (χ1v) is 6.78. The molecule has 0 amide bonds. The van der Waals surface area contributed by atoms with Crippen molar-refractivity contribution in [3.8, 4) is 0 Å². The smallest absolute Gasteiger partial charge is 0.262 e. The zero-order valence-corrected chi connectivity index (χ0v) is 12.7.